The predicted octanol–water partition coefficient (Wildman–Crippen LogP) is 1.30. The summed E-state index contributed by atoms with van der Waals surface area (Å²) in [4.78, 5) is 14.1. The van der Waals surface area contributed by atoms with Crippen molar-refractivity contribution in [2.75, 3.05) is 7.11 Å². The lowest BCUT2D eigenvalue weighted by molar-refractivity contribution is 0.0594. The molecule has 0 bridgehead atoms. The number of hydrogen-bond acceptors (Lipinski definition) is 3. The lowest BCUT2D eigenvalue weighted by Crippen LogP contribution is -2.25. The number of carbonyl (C=O) groups excluding carboxylic acids is 1. The molecule has 1 aromatic heterocycles. The third-order valence-electron chi connectivity index (χ3n) is 2.22. The summed E-state index contributed by atoms with van der Waals surface area (Å²) in [5.41, 5.74) is 1.40. The monoisotopic (exact) mass is 220 g/mol. The van der Waals surface area contributed by atoms with Gasteiger partial charge in [0, 0.05) is 24.7 Å². The van der Waals surface area contributed by atoms with Crippen molar-refractivity contribution in [3.8, 4) is 12.3 Å². The molecule has 0 saturated carbocycles. The highest BCUT2D eigenvalue weighted by Gasteiger charge is 2.08. The number of aromatic nitrogens is 1. The molecule has 2 N–H and O–H groups in total. The summed E-state index contributed by atoms with van der Waals surface area (Å²) in [5, 5.41) is 3.24. The van der Waals surface area contributed by atoms with E-state index >= 15 is 0 Å². The Kier molecular flexibility index (Phi) is 4.62. The van der Waals surface area contributed by atoms with Gasteiger partial charge in [0.2, 0.25) is 0 Å². The molecular weight excluding hydrogens is 204 g/mol. The number of aromatic amines is 1. The molecule has 0 saturated heterocycles. The Morgan fingerprint density at radius 2 is 2.44 bits per heavy atom. The Hall–Kier alpha value is -1.73. The Morgan fingerprint density at radius 3 is 3.06 bits per heavy atom. The maximum atomic E-state index is 11.2. The minimum Gasteiger partial charge on any atom is -0.464 e. The fraction of sp³-hybridized carbons (Fsp3) is 0.417. The summed E-state index contributed by atoms with van der Waals surface area (Å²) in [5.74, 6) is 2.23. The zero-order valence-corrected chi connectivity index (χ0v) is 9.54. The van der Waals surface area contributed by atoms with Gasteiger partial charge in [0.15, 0.2) is 0 Å². The molecule has 0 aliphatic carbocycles. The number of esters is 1. The molecule has 0 aromatic carbocycles. The molecule has 0 aliphatic rings. The average molecular weight is 220 g/mol. The first-order valence-corrected chi connectivity index (χ1v) is 5.10. The second kappa shape index (κ2) is 5.99. The van der Waals surface area contributed by atoms with E-state index in [1.807, 2.05) is 13.0 Å². The van der Waals surface area contributed by atoms with Crippen molar-refractivity contribution in [2.24, 2.45) is 0 Å². The Morgan fingerprint density at radius 1 is 1.69 bits per heavy atom. The van der Waals surface area contributed by atoms with Crippen LogP contribution in [-0.2, 0) is 11.3 Å². The van der Waals surface area contributed by atoms with Gasteiger partial charge in [-0.05, 0) is 19.1 Å². The number of methoxy groups -OCH3 is 1. The standard InChI is InChI=1S/C12H16N2O2/c1-4-5-9(2)13-8-10-6-7-11(14-10)12(15)16-3/h1,6-7,9,13-14H,5,8H2,2-3H3. The zero-order chi connectivity index (χ0) is 12.0. The summed E-state index contributed by atoms with van der Waals surface area (Å²) in [6.45, 7) is 2.67. The van der Waals surface area contributed by atoms with Crippen LogP contribution in [0.1, 0.15) is 29.5 Å². The number of rotatable bonds is 5. The van der Waals surface area contributed by atoms with Gasteiger partial charge in [0.25, 0.3) is 0 Å². The highest BCUT2D eigenvalue weighted by Crippen LogP contribution is 2.03. The molecule has 16 heavy (non-hydrogen) atoms. The van der Waals surface area contributed by atoms with E-state index in [-0.39, 0.29) is 12.0 Å². The lowest BCUT2D eigenvalue weighted by atomic mass is 10.2. The molecule has 0 fully saturated rings. The van der Waals surface area contributed by atoms with E-state index in [9.17, 15) is 4.79 Å². The highest BCUT2D eigenvalue weighted by atomic mass is 16.5. The van der Waals surface area contributed by atoms with E-state index in [2.05, 4.69) is 21.0 Å². The van der Waals surface area contributed by atoms with E-state index < -0.39 is 0 Å². The first kappa shape index (κ1) is 12.3. The number of terminal acetylenes is 1. The molecular formula is C12H16N2O2. The van der Waals surface area contributed by atoms with E-state index in [0.29, 0.717) is 18.7 Å². The lowest BCUT2D eigenvalue weighted by Gasteiger charge is -2.09. The van der Waals surface area contributed by atoms with Crippen molar-refractivity contribution in [3.05, 3.63) is 23.5 Å². The number of nitrogens with one attached hydrogen (secondary N) is 2. The topological polar surface area (TPSA) is 54.1 Å². The summed E-state index contributed by atoms with van der Waals surface area (Å²) in [7, 11) is 1.36. The molecule has 1 rings (SSSR count). The molecule has 4 heteroatoms. The number of H-pyrrole nitrogens is 1. The van der Waals surface area contributed by atoms with Crippen molar-refractivity contribution in [3.63, 3.8) is 0 Å². The molecule has 1 heterocycles. The molecule has 1 unspecified atom stereocenters. The Balaban J connectivity index is 2.47. The van der Waals surface area contributed by atoms with Crippen LogP contribution in [0.2, 0.25) is 0 Å². The largest absolute Gasteiger partial charge is 0.464 e. The molecule has 4 nitrogen and oxygen atoms in total. The van der Waals surface area contributed by atoms with Crippen LogP contribution in [0.5, 0.6) is 0 Å². The van der Waals surface area contributed by atoms with Crippen LogP contribution < -0.4 is 5.32 Å². The fourth-order valence-electron chi connectivity index (χ4n) is 1.31. The summed E-state index contributed by atoms with van der Waals surface area (Å²) >= 11 is 0. The van der Waals surface area contributed by atoms with E-state index in [1.165, 1.54) is 7.11 Å². The van der Waals surface area contributed by atoms with Crippen LogP contribution in [-0.4, -0.2) is 24.1 Å². The van der Waals surface area contributed by atoms with E-state index in [4.69, 9.17) is 6.42 Å². The normalized spacial score (nSPS) is 11.8. The maximum Gasteiger partial charge on any atom is 0.354 e. The van der Waals surface area contributed by atoms with Crippen molar-refractivity contribution >= 4 is 5.97 Å². The first-order valence-electron chi connectivity index (χ1n) is 5.10. The quantitative estimate of drug-likeness (QED) is 0.581. The van der Waals surface area contributed by atoms with Crippen molar-refractivity contribution in [1.82, 2.24) is 10.3 Å². The first-order chi connectivity index (χ1) is 7.67. The summed E-state index contributed by atoms with van der Waals surface area (Å²) < 4.78 is 4.60. The summed E-state index contributed by atoms with van der Waals surface area (Å²) in [6, 6.07) is 3.81. The second-order valence-electron chi connectivity index (χ2n) is 3.58. The van der Waals surface area contributed by atoms with Gasteiger partial charge >= 0.3 is 5.97 Å². The van der Waals surface area contributed by atoms with Crippen LogP contribution >= 0.6 is 0 Å². The Labute approximate surface area is 95.4 Å². The van der Waals surface area contributed by atoms with Crippen molar-refractivity contribution in [2.45, 2.75) is 25.9 Å². The van der Waals surface area contributed by atoms with Crippen LogP contribution in [0.4, 0.5) is 0 Å². The van der Waals surface area contributed by atoms with Gasteiger partial charge in [0.1, 0.15) is 5.69 Å². The number of hydrogen-bond donors (Lipinski definition) is 2. The smallest absolute Gasteiger partial charge is 0.354 e. The fourth-order valence-corrected chi connectivity index (χ4v) is 1.31. The van der Waals surface area contributed by atoms with Crippen molar-refractivity contribution in [1.29, 1.82) is 0 Å². The molecule has 1 aromatic rings. The summed E-state index contributed by atoms with van der Waals surface area (Å²) in [6.07, 6.45) is 5.89. The van der Waals surface area contributed by atoms with Gasteiger partial charge in [-0.25, -0.2) is 4.79 Å². The van der Waals surface area contributed by atoms with Gasteiger partial charge < -0.3 is 15.0 Å². The van der Waals surface area contributed by atoms with Gasteiger partial charge in [-0.3, -0.25) is 0 Å². The highest BCUT2D eigenvalue weighted by molar-refractivity contribution is 5.87. The van der Waals surface area contributed by atoms with Crippen LogP contribution in [0.15, 0.2) is 12.1 Å². The van der Waals surface area contributed by atoms with Crippen LogP contribution in [0.3, 0.4) is 0 Å². The molecule has 0 amide bonds. The minimum absolute atomic E-state index is 0.259. The molecule has 0 radical (unpaired) electrons. The van der Waals surface area contributed by atoms with Crippen LogP contribution in [0, 0.1) is 12.3 Å². The zero-order valence-electron chi connectivity index (χ0n) is 9.54. The average Bonchev–Trinajstić information content (AvgIpc) is 2.74. The number of ether oxygens (including phenoxy) is 1. The van der Waals surface area contributed by atoms with Gasteiger partial charge in [-0.2, -0.15) is 0 Å². The molecule has 0 aliphatic heterocycles. The van der Waals surface area contributed by atoms with Gasteiger partial charge in [0.05, 0.1) is 7.11 Å². The number of carbonyl (C=O) groups is 1. The SMILES string of the molecule is C#CCC(C)NCc1ccc(C(=O)OC)[nH]1. The third kappa shape index (κ3) is 3.44. The maximum absolute atomic E-state index is 11.2. The van der Waals surface area contributed by atoms with Crippen molar-refractivity contribution < 1.29 is 9.53 Å². The van der Waals surface area contributed by atoms with E-state index in [0.717, 1.165) is 5.69 Å². The van der Waals surface area contributed by atoms with Gasteiger partial charge in [-0.15, -0.1) is 12.3 Å². The van der Waals surface area contributed by atoms with E-state index in [1.54, 1.807) is 6.07 Å². The third-order valence-corrected chi connectivity index (χ3v) is 2.22. The molecule has 1 atom stereocenters. The predicted molar refractivity (Wildman–Crippen MR) is 61.9 cm³/mol. The second-order valence-corrected chi connectivity index (χ2v) is 3.58. The molecule has 86 valence electrons. The Bertz CT molecular complexity index is 390. The minimum atomic E-state index is -0.358. The molecule has 0 spiro atoms. The van der Waals surface area contributed by atoms with Gasteiger partial charge in [-0.1, -0.05) is 0 Å². The van der Waals surface area contributed by atoms with Crippen LogP contribution in [0.25, 0.3) is 0 Å².